The number of anilines is 1. The van der Waals surface area contributed by atoms with Crippen molar-refractivity contribution in [1.82, 2.24) is 5.32 Å². The molecule has 23 heavy (non-hydrogen) atoms. The highest BCUT2D eigenvalue weighted by Gasteiger charge is 2.33. The zero-order chi connectivity index (χ0) is 16.8. The van der Waals surface area contributed by atoms with E-state index in [1.165, 1.54) is 11.8 Å². The molecule has 2 atom stereocenters. The van der Waals surface area contributed by atoms with Crippen LogP contribution in [0.4, 0.5) is 5.69 Å². The lowest BCUT2D eigenvalue weighted by Gasteiger charge is -2.25. The third-order valence-corrected chi connectivity index (χ3v) is 4.51. The molecule has 124 valence electrons. The first kappa shape index (κ1) is 17.1. The zero-order valence-corrected chi connectivity index (χ0v) is 13.4. The lowest BCUT2D eigenvalue weighted by molar-refractivity contribution is -0.141. The molecule has 3 N–H and O–H groups in total. The molecule has 1 aromatic carbocycles. The second-order valence-corrected chi connectivity index (χ2v) is 6.14. The van der Waals surface area contributed by atoms with Gasteiger partial charge in [-0.15, -0.1) is 11.8 Å². The minimum absolute atomic E-state index is 0.0245. The van der Waals surface area contributed by atoms with Gasteiger partial charge in [-0.1, -0.05) is 12.1 Å². The van der Waals surface area contributed by atoms with E-state index in [2.05, 4.69) is 10.6 Å². The SMILES string of the molecule is CCOc1ccccc1NC(=O)C[C@@H]1SC[C@@H](C(=O)O)NC1=O. The number of rotatable bonds is 6. The number of carbonyl (C=O) groups excluding carboxylic acids is 2. The van der Waals surface area contributed by atoms with Crippen molar-refractivity contribution in [1.29, 1.82) is 0 Å². The maximum atomic E-state index is 12.1. The second kappa shape index (κ2) is 7.87. The number of ether oxygens (including phenoxy) is 1. The summed E-state index contributed by atoms with van der Waals surface area (Å²) in [4.78, 5) is 34.8. The number of hydrogen-bond donors (Lipinski definition) is 3. The fraction of sp³-hybridized carbons (Fsp3) is 0.400. The van der Waals surface area contributed by atoms with Gasteiger partial charge in [0.15, 0.2) is 0 Å². The summed E-state index contributed by atoms with van der Waals surface area (Å²) in [6, 6.07) is 6.15. The largest absolute Gasteiger partial charge is 0.492 e. The molecule has 0 aromatic heterocycles. The van der Waals surface area contributed by atoms with Gasteiger partial charge < -0.3 is 20.5 Å². The number of carboxylic acids is 1. The van der Waals surface area contributed by atoms with Gasteiger partial charge >= 0.3 is 5.97 Å². The summed E-state index contributed by atoms with van der Waals surface area (Å²) in [7, 11) is 0. The molecule has 7 nitrogen and oxygen atoms in total. The minimum atomic E-state index is -1.07. The predicted octanol–water partition coefficient (Wildman–Crippen LogP) is 1.10. The molecule has 0 aliphatic carbocycles. The van der Waals surface area contributed by atoms with Crippen molar-refractivity contribution < 1.29 is 24.2 Å². The van der Waals surface area contributed by atoms with Gasteiger partial charge in [-0.3, -0.25) is 9.59 Å². The van der Waals surface area contributed by atoms with Crippen molar-refractivity contribution in [2.24, 2.45) is 0 Å². The predicted molar refractivity (Wildman–Crippen MR) is 86.7 cm³/mol. The number of para-hydroxylation sites is 2. The highest BCUT2D eigenvalue weighted by atomic mass is 32.2. The van der Waals surface area contributed by atoms with Crippen LogP contribution in [0.5, 0.6) is 5.75 Å². The van der Waals surface area contributed by atoms with Gasteiger partial charge in [-0.05, 0) is 19.1 Å². The summed E-state index contributed by atoms with van der Waals surface area (Å²) < 4.78 is 5.42. The molecular formula is C15H18N2O5S. The van der Waals surface area contributed by atoms with E-state index in [4.69, 9.17) is 9.84 Å². The summed E-state index contributed by atoms with van der Waals surface area (Å²) in [5, 5.41) is 13.4. The fourth-order valence-corrected chi connectivity index (χ4v) is 3.24. The first-order valence-corrected chi connectivity index (χ1v) is 8.22. The first-order valence-electron chi connectivity index (χ1n) is 7.17. The topological polar surface area (TPSA) is 105 Å². The number of hydrogen-bond acceptors (Lipinski definition) is 5. The molecule has 0 spiro atoms. The molecular weight excluding hydrogens is 320 g/mol. The molecule has 8 heteroatoms. The van der Waals surface area contributed by atoms with Gasteiger partial charge in [0.25, 0.3) is 0 Å². The molecule has 0 unspecified atom stereocenters. The van der Waals surface area contributed by atoms with Crippen LogP contribution in [-0.2, 0) is 14.4 Å². The molecule has 1 saturated heterocycles. The normalized spacial score (nSPS) is 20.5. The van der Waals surface area contributed by atoms with Crippen molar-refractivity contribution in [2.75, 3.05) is 17.7 Å². The standard InChI is InChI=1S/C15H18N2O5S/c1-2-22-11-6-4-3-5-9(11)16-13(18)7-12-14(19)17-10(8-23-12)15(20)21/h3-6,10,12H,2,7-8H2,1H3,(H,16,18)(H,17,19)(H,20,21)/t10-,12-/m0/s1. The Morgan fingerprint density at radius 3 is 2.83 bits per heavy atom. The Morgan fingerprint density at radius 2 is 2.17 bits per heavy atom. The van der Waals surface area contributed by atoms with Crippen LogP contribution < -0.4 is 15.4 Å². The van der Waals surface area contributed by atoms with E-state index in [-0.39, 0.29) is 18.1 Å². The Morgan fingerprint density at radius 1 is 1.43 bits per heavy atom. The van der Waals surface area contributed by atoms with E-state index >= 15 is 0 Å². The number of benzene rings is 1. The van der Waals surface area contributed by atoms with E-state index in [0.717, 1.165) is 0 Å². The van der Waals surface area contributed by atoms with Gasteiger partial charge in [-0.25, -0.2) is 4.79 Å². The van der Waals surface area contributed by atoms with E-state index < -0.39 is 23.2 Å². The monoisotopic (exact) mass is 338 g/mol. The third kappa shape index (κ3) is 4.62. The average Bonchev–Trinajstić information content (AvgIpc) is 2.51. The van der Waals surface area contributed by atoms with E-state index in [1.807, 2.05) is 6.92 Å². The summed E-state index contributed by atoms with van der Waals surface area (Å²) in [5.74, 6) is -1.01. The summed E-state index contributed by atoms with van der Waals surface area (Å²) in [6.45, 7) is 2.32. The van der Waals surface area contributed by atoms with Gasteiger partial charge in [-0.2, -0.15) is 0 Å². The Hall–Kier alpha value is -2.22. The lowest BCUT2D eigenvalue weighted by atomic mass is 10.2. The minimum Gasteiger partial charge on any atom is -0.492 e. The number of carbonyl (C=O) groups is 3. The Kier molecular flexibility index (Phi) is 5.86. The lowest BCUT2D eigenvalue weighted by Crippen LogP contribution is -2.51. The highest BCUT2D eigenvalue weighted by molar-refractivity contribution is 8.00. The molecule has 0 saturated carbocycles. The quantitative estimate of drug-likeness (QED) is 0.717. The van der Waals surface area contributed by atoms with Crippen LogP contribution >= 0.6 is 11.8 Å². The van der Waals surface area contributed by atoms with Crippen LogP contribution in [0.3, 0.4) is 0 Å². The number of carboxylic acid groups (broad SMARTS) is 1. The number of amides is 2. The van der Waals surface area contributed by atoms with E-state index in [1.54, 1.807) is 24.3 Å². The van der Waals surface area contributed by atoms with Crippen molar-refractivity contribution in [3.05, 3.63) is 24.3 Å². The molecule has 1 heterocycles. The van der Waals surface area contributed by atoms with Crippen molar-refractivity contribution in [3.8, 4) is 5.75 Å². The van der Waals surface area contributed by atoms with Crippen LogP contribution in [0.25, 0.3) is 0 Å². The van der Waals surface area contributed by atoms with E-state index in [9.17, 15) is 14.4 Å². The number of nitrogens with one attached hydrogen (secondary N) is 2. The number of aliphatic carboxylic acids is 1. The van der Waals surface area contributed by atoms with Crippen molar-refractivity contribution in [2.45, 2.75) is 24.6 Å². The maximum absolute atomic E-state index is 12.1. The van der Waals surface area contributed by atoms with Crippen LogP contribution in [-0.4, -0.2) is 46.5 Å². The third-order valence-electron chi connectivity index (χ3n) is 3.20. The fourth-order valence-electron chi connectivity index (χ4n) is 2.10. The Bertz CT molecular complexity index is 607. The van der Waals surface area contributed by atoms with Crippen LogP contribution in [0.1, 0.15) is 13.3 Å². The van der Waals surface area contributed by atoms with Gasteiger partial charge in [0, 0.05) is 12.2 Å². The zero-order valence-electron chi connectivity index (χ0n) is 12.6. The smallest absolute Gasteiger partial charge is 0.327 e. The molecule has 1 aliphatic rings. The Balaban J connectivity index is 1.93. The van der Waals surface area contributed by atoms with Gasteiger partial charge in [0.2, 0.25) is 11.8 Å². The van der Waals surface area contributed by atoms with E-state index in [0.29, 0.717) is 18.0 Å². The highest BCUT2D eigenvalue weighted by Crippen LogP contribution is 2.25. The molecule has 0 bridgehead atoms. The van der Waals surface area contributed by atoms with Crippen molar-refractivity contribution >= 4 is 35.2 Å². The molecule has 2 rings (SSSR count). The van der Waals surface area contributed by atoms with Crippen molar-refractivity contribution in [3.63, 3.8) is 0 Å². The average molecular weight is 338 g/mol. The summed E-state index contributed by atoms with van der Waals surface area (Å²) >= 11 is 1.18. The Labute approximate surface area is 137 Å². The second-order valence-electron chi connectivity index (χ2n) is 4.90. The van der Waals surface area contributed by atoms with Crippen LogP contribution in [0.2, 0.25) is 0 Å². The molecule has 1 aromatic rings. The molecule has 0 radical (unpaired) electrons. The summed E-state index contributed by atoms with van der Waals surface area (Å²) in [5.41, 5.74) is 0.545. The number of thioether (sulfide) groups is 1. The molecule has 1 aliphatic heterocycles. The van der Waals surface area contributed by atoms with Crippen LogP contribution in [0, 0.1) is 0 Å². The van der Waals surface area contributed by atoms with Crippen LogP contribution in [0.15, 0.2) is 24.3 Å². The maximum Gasteiger partial charge on any atom is 0.327 e. The summed E-state index contributed by atoms with van der Waals surface area (Å²) in [6.07, 6.45) is -0.0245. The molecule has 2 amide bonds. The molecule has 1 fully saturated rings. The van der Waals surface area contributed by atoms with Gasteiger partial charge in [0.05, 0.1) is 17.5 Å². The van der Waals surface area contributed by atoms with Gasteiger partial charge in [0.1, 0.15) is 11.8 Å². The first-order chi connectivity index (χ1) is 11.0.